The summed E-state index contributed by atoms with van der Waals surface area (Å²) in [5.41, 5.74) is 3.90. The van der Waals surface area contributed by atoms with Gasteiger partial charge in [0, 0.05) is 24.1 Å². The highest BCUT2D eigenvalue weighted by Gasteiger charge is 2.34. The van der Waals surface area contributed by atoms with E-state index in [2.05, 4.69) is 61.3 Å². The van der Waals surface area contributed by atoms with E-state index in [1.165, 1.54) is 31.5 Å². The smallest absolute Gasteiger partial charge is 0.251 e. The number of nitrogens with one attached hydrogen (secondary N) is 1. The van der Waals surface area contributed by atoms with E-state index < -0.39 is 0 Å². The number of ether oxygens (including phenoxy) is 1. The monoisotopic (exact) mass is 378 g/mol. The van der Waals surface area contributed by atoms with E-state index in [1.54, 1.807) is 0 Å². The first kappa shape index (κ1) is 19.0. The van der Waals surface area contributed by atoms with Gasteiger partial charge in [0.05, 0.1) is 6.04 Å². The van der Waals surface area contributed by atoms with Gasteiger partial charge in [-0.05, 0) is 76.0 Å². The van der Waals surface area contributed by atoms with Crippen molar-refractivity contribution >= 4 is 5.91 Å². The van der Waals surface area contributed by atoms with Crippen molar-refractivity contribution in [2.75, 3.05) is 13.1 Å². The molecule has 0 unspecified atom stereocenters. The Morgan fingerprint density at radius 1 is 1.14 bits per heavy atom. The van der Waals surface area contributed by atoms with Crippen LogP contribution in [-0.2, 0) is 6.54 Å². The van der Waals surface area contributed by atoms with Crippen LogP contribution in [0.1, 0.15) is 66.2 Å². The summed E-state index contributed by atoms with van der Waals surface area (Å²) in [5, 5.41) is 3.23. The van der Waals surface area contributed by atoms with Crippen molar-refractivity contribution in [3.05, 3.63) is 64.7 Å². The molecule has 148 valence electrons. The number of aryl methyl sites for hydroxylation is 1. The number of amides is 1. The molecular weight excluding hydrogens is 348 g/mol. The van der Waals surface area contributed by atoms with Crippen LogP contribution < -0.4 is 10.1 Å². The van der Waals surface area contributed by atoms with Crippen molar-refractivity contribution in [3.8, 4) is 5.75 Å². The number of carbonyl (C=O) groups excluding carboxylic acids is 1. The largest absolute Gasteiger partial charge is 0.487 e. The molecule has 1 saturated heterocycles. The van der Waals surface area contributed by atoms with Crippen LogP contribution in [0, 0.1) is 6.92 Å². The van der Waals surface area contributed by atoms with Gasteiger partial charge in [-0.25, -0.2) is 0 Å². The lowest BCUT2D eigenvalue weighted by molar-refractivity contribution is 0.0619. The molecule has 0 aromatic heterocycles. The summed E-state index contributed by atoms with van der Waals surface area (Å²) in [6, 6.07) is 14.2. The molecule has 0 bridgehead atoms. The third kappa shape index (κ3) is 4.22. The minimum absolute atomic E-state index is 0.0260. The molecule has 1 N–H and O–H groups in total. The Balaban J connectivity index is 1.47. The summed E-state index contributed by atoms with van der Waals surface area (Å²) >= 11 is 0. The molecule has 1 fully saturated rings. The second-order valence-electron chi connectivity index (χ2n) is 8.81. The number of fused-ring (bicyclic) bond motifs is 1. The van der Waals surface area contributed by atoms with Crippen LogP contribution in [0.15, 0.2) is 42.5 Å². The minimum atomic E-state index is -0.307. The molecule has 2 aliphatic heterocycles. The van der Waals surface area contributed by atoms with Crippen molar-refractivity contribution in [1.29, 1.82) is 0 Å². The van der Waals surface area contributed by atoms with Crippen molar-refractivity contribution in [2.24, 2.45) is 0 Å². The molecule has 4 nitrogen and oxygen atoms in total. The number of likely N-dealkylation sites (tertiary alicyclic amines) is 1. The van der Waals surface area contributed by atoms with Crippen LogP contribution in [-0.4, -0.2) is 29.5 Å². The van der Waals surface area contributed by atoms with E-state index in [4.69, 9.17) is 4.74 Å². The average molecular weight is 379 g/mol. The van der Waals surface area contributed by atoms with Crippen molar-refractivity contribution in [2.45, 2.75) is 58.2 Å². The van der Waals surface area contributed by atoms with Gasteiger partial charge < -0.3 is 10.1 Å². The van der Waals surface area contributed by atoms with E-state index >= 15 is 0 Å². The number of nitrogens with zero attached hydrogens (tertiary/aromatic N) is 1. The molecule has 4 heteroatoms. The molecule has 28 heavy (non-hydrogen) atoms. The Hall–Kier alpha value is -2.33. The van der Waals surface area contributed by atoms with Crippen LogP contribution in [0.5, 0.6) is 5.75 Å². The second-order valence-corrected chi connectivity index (χ2v) is 8.81. The topological polar surface area (TPSA) is 41.6 Å². The fourth-order valence-electron chi connectivity index (χ4n) is 4.29. The van der Waals surface area contributed by atoms with Gasteiger partial charge in [-0.3, -0.25) is 9.69 Å². The summed E-state index contributed by atoms with van der Waals surface area (Å²) in [4.78, 5) is 15.4. The van der Waals surface area contributed by atoms with Gasteiger partial charge in [0.15, 0.2) is 0 Å². The molecule has 1 atom stereocenters. The number of benzene rings is 2. The maximum absolute atomic E-state index is 12.9. The molecule has 4 rings (SSSR count). The lowest BCUT2D eigenvalue weighted by atomic mass is 9.89. The van der Waals surface area contributed by atoms with Gasteiger partial charge in [0.1, 0.15) is 11.4 Å². The van der Waals surface area contributed by atoms with Crippen LogP contribution in [0.4, 0.5) is 0 Å². The molecular formula is C24H30N2O2. The first-order chi connectivity index (χ1) is 13.4. The van der Waals surface area contributed by atoms with Gasteiger partial charge in [-0.1, -0.05) is 24.3 Å². The minimum Gasteiger partial charge on any atom is -0.487 e. The lowest BCUT2D eigenvalue weighted by Crippen LogP contribution is -2.41. The van der Waals surface area contributed by atoms with E-state index in [1.807, 2.05) is 12.1 Å². The summed E-state index contributed by atoms with van der Waals surface area (Å²) in [6.07, 6.45) is 3.34. The van der Waals surface area contributed by atoms with Crippen LogP contribution in [0.2, 0.25) is 0 Å². The van der Waals surface area contributed by atoms with Gasteiger partial charge >= 0.3 is 0 Å². The highest BCUT2D eigenvalue weighted by atomic mass is 16.5. The Labute approximate surface area is 167 Å². The number of hydrogen-bond donors (Lipinski definition) is 1. The Bertz CT molecular complexity index is 851. The van der Waals surface area contributed by atoms with Crippen molar-refractivity contribution in [1.82, 2.24) is 10.2 Å². The molecule has 0 radical (unpaired) electrons. The lowest BCUT2D eigenvalue weighted by Gasteiger charge is -2.38. The zero-order valence-corrected chi connectivity index (χ0v) is 17.1. The van der Waals surface area contributed by atoms with E-state index in [9.17, 15) is 4.79 Å². The van der Waals surface area contributed by atoms with Gasteiger partial charge in [0.25, 0.3) is 5.91 Å². The van der Waals surface area contributed by atoms with Crippen LogP contribution in [0.3, 0.4) is 0 Å². The Kier molecular flexibility index (Phi) is 5.15. The number of hydrogen-bond acceptors (Lipinski definition) is 3. The summed E-state index contributed by atoms with van der Waals surface area (Å²) in [6.45, 7) is 9.54. The van der Waals surface area contributed by atoms with E-state index in [0.29, 0.717) is 5.56 Å². The van der Waals surface area contributed by atoms with Crippen molar-refractivity contribution < 1.29 is 9.53 Å². The molecule has 0 aliphatic carbocycles. The molecule has 2 aromatic carbocycles. The predicted molar refractivity (Wildman–Crippen MR) is 112 cm³/mol. The molecule has 2 heterocycles. The first-order valence-corrected chi connectivity index (χ1v) is 10.3. The van der Waals surface area contributed by atoms with Gasteiger partial charge in [0.2, 0.25) is 0 Å². The molecule has 1 amide bonds. The number of carbonyl (C=O) groups is 1. The van der Waals surface area contributed by atoms with Crippen LogP contribution in [0.25, 0.3) is 0 Å². The number of rotatable bonds is 4. The molecule has 0 saturated carbocycles. The Morgan fingerprint density at radius 2 is 1.86 bits per heavy atom. The third-order valence-corrected chi connectivity index (χ3v) is 5.75. The zero-order chi connectivity index (χ0) is 19.7. The molecule has 2 aliphatic rings. The zero-order valence-electron chi connectivity index (χ0n) is 17.1. The van der Waals surface area contributed by atoms with Crippen molar-refractivity contribution in [3.63, 3.8) is 0 Å². The van der Waals surface area contributed by atoms with E-state index in [0.717, 1.165) is 29.8 Å². The molecule has 0 spiro atoms. The highest BCUT2D eigenvalue weighted by Crippen LogP contribution is 2.40. The normalized spacial score (nSPS) is 21.0. The summed E-state index contributed by atoms with van der Waals surface area (Å²) in [5.74, 6) is 0.851. The van der Waals surface area contributed by atoms with Crippen LogP contribution >= 0.6 is 0 Å². The second kappa shape index (κ2) is 7.59. The predicted octanol–water partition coefficient (Wildman–Crippen LogP) is 4.62. The quantitative estimate of drug-likeness (QED) is 0.844. The third-order valence-electron chi connectivity index (χ3n) is 5.75. The van der Waals surface area contributed by atoms with E-state index in [-0.39, 0.29) is 17.6 Å². The Morgan fingerprint density at radius 3 is 2.57 bits per heavy atom. The SMILES string of the molecule is Cc1ccc2c(c1)OC(C)(C)C[C@@H]2NC(=O)c1ccc(CN2CCCC2)cc1. The average Bonchev–Trinajstić information content (AvgIpc) is 3.14. The van der Waals surface area contributed by atoms with Gasteiger partial charge in [-0.2, -0.15) is 0 Å². The maximum Gasteiger partial charge on any atom is 0.251 e. The fourth-order valence-corrected chi connectivity index (χ4v) is 4.29. The standard InChI is InChI=1S/C24H30N2O2/c1-17-6-11-20-21(15-24(2,3)28-22(20)14-17)25-23(27)19-9-7-18(8-10-19)16-26-12-4-5-13-26/h6-11,14,21H,4-5,12-13,15-16H2,1-3H3,(H,25,27)/t21-/m0/s1. The fraction of sp³-hybridized carbons (Fsp3) is 0.458. The first-order valence-electron chi connectivity index (χ1n) is 10.3. The van der Waals surface area contributed by atoms with Gasteiger partial charge in [-0.15, -0.1) is 0 Å². The molecule has 2 aromatic rings. The summed E-state index contributed by atoms with van der Waals surface area (Å²) in [7, 11) is 0. The maximum atomic E-state index is 12.9. The summed E-state index contributed by atoms with van der Waals surface area (Å²) < 4.78 is 6.14. The highest BCUT2D eigenvalue weighted by molar-refractivity contribution is 5.94.